The summed E-state index contributed by atoms with van der Waals surface area (Å²) >= 11 is 0. The molecule has 6 nitrogen and oxygen atoms in total. The van der Waals surface area contributed by atoms with Gasteiger partial charge in [0.05, 0.1) is 20.8 Å². The molecule has 2 N–H and O–H groups in total. The molecule has 6 heteroatoms. The van der Waals surface area contributed by atoms with Crippen molar-refractivity contribution in [2.45, 2.75) is 12.5 Å². The van der Waals surface area contributed by atoms with Gasteiger partial charge >= 0.3 is 0 Å². The Hall–Kier alpha value is -2.55. The van der Waals surface area contributed by atoms with Crippen molar-refractivity contribution in [2.75, 3.05) is 45.8 Å². The number of hydrogen-bond donors (Lipinski definition) is 2. The summed E-state index contributed by atoms with van der Waals surface area (Å²) in [6.45, 7) is 2.30. The zero-order chi connectivity index (χ0) is 16.7. The number of aliphatic imine (C=N–C) groups is 1. The van der Waals surface area contributed by atoms with Crippen molar-refractivity contribution in [3.63, 3.8) is 0 Å². The lowest BCUT2D eigenvalue weighted by Gasteiger charge is -2.21. The van der Waals surface area contributed by atoms with Crippen LogP contribution in [0.25, 0.3) is 0 Å². The fourth-order valence-electron chi connectivity index (χ4n) is 2.61. The first-order chi connectivity index (χ1) is 11.2. The molecule has 1 aromatic carbocycles. The molecule has 1 saturated heterocycles. The molecule has 0 bridgehead atoms. The Kier molecular flexibility index (Phi) is 5.98. The van der Waals surface area contributed by atoms with E-state index < -0.39 is 0 Å². The number of nitrogens with zero attached hydrogens (tertiary/aromatic N) is 2. The van der Waals surface area contributed by atoms with Crippen LogP contribution >= 0.6 is 0 Å². The Morgan fingerprint density at radius 3 is 2.61 bits per heavy atom. The van der Waals surface area contributed by atoms with Crippen LogP contribution in [0.3, 0.4) is 0 Å². The van der Waals surface area contributed by atoms with E-state index >= 15 is 0 Å². The van der Waals surface area contributed by atoms with Crippen LogP contribution in [0.4, 0.5) is 5.69 Å². The Morgan fingerprint density at radius 1 is 1.35 bits per heavy atom. The molecular formula is C17H24N4O2. The minimum atomic E-state index is 0.316. The number of guanidine groups is 1. The average molecular weight is 316 g/mol. The van der Waals surface area contributed by atoms with Crippen molar-refractivity contribution in [2.24, 2.45) is 4.99 Å². The van der Waals surface area contributed by atoms with Crippen LogP contribution in [0.2, 0.25) is 0 Å². The molecule has 0 aliphatic carbocycles. The normalized spacial score (nSPS) is 17.6. The van der Waals surface area contributed by atoms with E-state index in [1.165, 1.54) is 0 Å². The second-order valence-corrected chi connectivity index (χ2v) is 5.28. The molecule has 2 rings (SSSR count). The highest BCUT2D eigenvalue weighted by Gasteiger charge is 2.24. The molecule has 1 heterocycles. The van der Waals surface area contributed by atoms with Gasteiger partial charge in [-0.2, -0.15) is 0 Å². The van der Waals surface area contributed by atoms with E-state index in [4.69, 9.17) is 15.9 Å². The molecule has 0 saturated carbocycles. The summed E-state index contributed by atoms with van der Waals surface area (Å²) in [5.74, 6) is 4.87. The number of anilines is 1. The molecule has 1 fully saturated rings. The van der Waals surface area contributed by atoms with Crippen molar-refractivity contribution in [3.8, 4) is 23.8 Å². The van der Waals surface area contributed by atoms with Gasteiger partial charge in [-0.05, 0) is 6.42 Å². The van der Waals surface area contributed by atoms with E-state index in [1.807, 2.05) is 18.2 Å². The molecule has 1 atom stereocenters. The Morgan fingerprint density at radius 2 is 2.04 bits per heavy atom. The molecule has 1 aliphatic heterocycles. The Labute approximate surface area is 137 Å². The first kappa shape index (κ1) is 16.8. The summed E-state index contributed by atoms with van der Waals surface area (Å²) < 4.78 is 10.7. The largest absolute Gasteiger partial charge is 0.497 e. The minimum Gasteiger partial charge on any atom is -0.497 e. The van der Waals surface area contributed by atoms with Crippen LogP contribution in [0.1, 0.15) is 6.42 Å². The van der Waals surface area contributed by atoms with Crippen LogP contribution < -0.4 is 25.0 Å². The van der Waals surface area contributed by atoms with Gasteiger partial charge in [0.1, 0.15) is 11.5 Å². The zero-order valence-electron chi connectivity index (χ0n) is 13.9. The van der Waals surface area contributed by atoms with Gasteiger partial charge in [0.2, 0.25) is 0 Å². The van der Waals surface area contributed by atoms with Crippen molar-refractivity contribution in [1.82, 2.24) is 10.6 Å². The maximum atomic E-state index is 5.34. The summed E-state index contributed by atoms with van der Waals surface area (Å²) in [4.78, 5) is 6.48. The SMILES string of the molecule is C#CCNC(=NC)NC1CCN(c2cc(OC)cc(OC)c2)C1. The molecule has 124 valence electrons. The van der Waals surface area contributed by atoms with E-state index in [-0.39, 0.29) is 0 Å². The number of terminal acetylenes is 1. The summed E-state index contributed by atoms with van der Waals surface area (Å²) in [6, 6.07) is 6.24. The molecule has 23 heavy (non-hydrogen) atoms. The smallest absolute Gasteiger partial charge is 0.192 e. The highest BCUT2D eigenvalue weighted by atomic mass is 16.5. The number of hydrogen-bond acceptors (Lipinski definition) is 4. The highest BCUT2D eigenvalue weighted by Crippen LogP contribution is 2.30. The summed E-state index contributed by atoms with van der Waals surface area (Å²) in [7, 11) is 5.06. The van der Waals surface area contributed by atoms with Crippen molar-refractivity contribution in [3.05, 3.63) is 18.2 Å². The van der Waals surface area contributed by atoms with E-state index in [0.717, 1.165) is 42.7 Å². The summed E-state index contributed by atoms with van der Waals surface area (Å²) in [5, 5.41) is 6.48. The fourth-order valence-corrected chi connectivity index (χ4v) is 2.61. The second kappa shape index (κ2) is 8.18. The number of nitrogens with one attached hydrogen (secondary N) is 2. The van der Waals surface area contributed by atoms with Crippen LogP contribution in [-0.2, 0) is 0 Å². The highest BCUT2D eigenvalue weighted by molar-refractivity contribution is 5.80. The zero-order valence-corrected chi connectivity index (χ0v) is 13.9. The summed E-state index contributed by atoms with van der Waals surface area (Å²) in [5.41, 5.74) is 1.09. The lowest BCUT2D eigenvalue weighted by atomic mass is 10.2. The van der Waals surface area contributed by atoms with Crippen molar-refractivity contribution < 1.29 is 9.47 Å². The molecule has 0 amide bonds. The minimum absolute atomic E-state index is 0.316. The Balaban J connectivity index is 2.01. The lowest BCUT2D eigenvalue weighted by molar-refractivity contribution is 0.394. The molecule has 0 aromatic heterocycles. The number of benzene rings is 1. The van der Waals surface area contributed by atoms with Gasteiger partial charge in [-0.1, -0.05) is 5.92 Å². The van der Waals surface area contributed by atoms with Gasteiger partial charge < -0.3 is 25.0 Å². The maximum absolute atomic E-state index is 5.34. The van der Waals surface area contributed by atoms with Crippen LogP contribution in [-0.4, -0.2) is 52.9 Å². The molecule has 0 radical (unpaired) electrons. The van der Waals surface area contributed by atoms with Gasteiger partial charge in [-0.15, -0.1) is 6.42 Å². The van der Waals surface area contributed by atoms with Gasteiger partial charge in [0, 0.05) is 50.1 Å². The third-order valence-corrected chi connectivity index (χ3v) is 3.81. The number of ether oxygens (including phenoxy) is 2. The van der Waals surface area contributed by atoms with Crippen LogP contribution in [0.5, 0.6) is 11.5 Å². The fraction of sp³-hybridized carbons (Fsp3) is 0.471. The molecule has 1 unspecified atom stereocenters. The predicted molar refractivity (Wildman–Crippen MR) is 93.5 cm³/mol. The van der Waals surface area contributed by atoms with E-state index in [9.17, 15) is 0 Å². The number of methoxy groups -OCH3 is 2. The number of rotatable bonds is 5. The van der Waals surface area contributed by atoms with E-state index in [2.05, 4.69) is 26.4 Å². The van der Waals surface area contributed by atoms with Gasteiger partial charge in [0.25, 0.3) is 0 Å². The lowest BCUT2D eigenvalue weighted by Crippen LogP contribution is -2.44. The van der Waals surface area contributed by atoms with Crippen molar-refractivity contribution in [1.29, 1.82) is 0 Å². The topological polar surface area (TPSA) is 58.1 Å². The van der Waals surface area contributed by atoms with Gasteiger partial charge in [-0.25, -0.2) is 0 Å². The molecule has 0 spiro atoms. The van der Waals surface area contributed by atoms with Crippen LogP contribution in [0, 0.1) is 12.3 Å². The van der Waals surface area contributed by atoms with E-state index in [1.54, 1.807) is 21.3 Å². The third kappa shape index (κ3) is 4.46. The summed E-state index contributed by atoms with van der Waals surface area (Å²) in [6.07, 6.45) is 6.29. The molecule has 1 aliphatic rings. The van der Waals surface area contributed by atoms with E-state index in [0.29, 0.717) is 12.6 Å². The maximum Gasteiger partial charge on any atom is 0.192 e. The quantitative estimate of drug-likeness (QED) is 0.484. The predicted octanol–water partition coefficient (Wildman–Crippen LogP) is 1.08. The molecular weight excluding hydrogens is 292 g/mol. The van der Waals surface area contributed by atoms with Gasteiger partial charge in [0.15, 0.2) is 5.96 Å². The third-order valence-electron chi connectivity index (χ3n) is 3.81. The van der Waals surface area contributed by atoms with Gasteiger partial charge in [-0.3, -0.25) is 4.99 Å². The van der Waals surface area contributed by atoms with Crippen molar-refractivity contribution >= 4 is 11.6 Å². The second-order valence-electron chi connectivity index (χ2n) is 5.28. The monoisotopic (exact) mass is 316 g/mol. The Bertz CT molecular complexity index is 572. The molecule has 1 aromatic rings. The van der Waals surface area contributed by atoms with Crippen LogP contribution in [0.15, 0.2) is 23.2 Å². The standard InChI is InChI=1S/C17H24N4O2/c1-5-7-19-17(18-2)20-13-6-8-21(12-13)14-9-15(22-3)11-16(10-14)23-4/h1,9-11,13H,6-8,12H2,2-4H3,(H2,18,19,20). The first-order valence-corrected chi connectivity index (χ1v) is 7.58. The first-order valence-electron chi connectivity index (χ1n) is 7.58. The average Bonchev–Trinajstić information content (AvgIpc) is 3.06.